The minimum atomic E-state index is -0.286. The van der Waals surface area contributed by atoms with Crippen LogP contribution >= 0.6 is 11.6 Å². The van der Waals surface area contributed by atoms with Gasteiger partial charge in [-0.3, -0.25) is 4.79 Å². The van der Waals surface area contributed by atoms with Crippen LogP contribution < -0.4 is 0 Å². The van der Waals surface area contributed by atoms with Gasteiger partial charge in [-0.2, -0.15) is 0 Å². The van der Waals surface area contributed by atoms with E-state index in [1.165, 1.54) is 12.1 Å². The maximum atomic E-state index is 12.8. The summed E-state index contributed by atoms with van der Waals surface area (Å²) in [7, 11) is 0. The molecule has 3 heteroatoms. The fraction of sp³-hybridized carbons (Fsp3) is 0.0625. The molecular formula is C16H10ClFO. The van der Waals surface area contributed by atoms with Gasteiger partial charge in [-0.15, -0.1) is 0 Å². The predicted octanol–water partition coefficient (Wildman–Crippen LogP) is 4.30. The molecule has 0 unspecified atom stereocenters. The summed E-state index contributed by atoms with van der Waals surface area (Å²) in [4.78, 5) is 12.2. The van der Waals surface area contributed by atoms with E-state index in [9.17, 15) is 9.18 Å². The van der Waals surface area contributed by atoms with Crippen LogP contribution in [0, 0.1) is 5.82 Å². The molecule has 0 saturated heterocycles. The number of hydrogen-bond acceptors (Lipinski definition) is 1. The van der Waals surface area contributed by atoms with Crippen molar-refractivity contribution in [2.45, 2.75) is 6.42 Å². The number of fused-ring (bicyclic) bond motifs is 1. The van der Waals surface area contributed by atoms with E-state index in [1.54, 1.807) is 36.4 Å². The lowest BCUT2D eigenvalue weighted by molar-refractivity contribution is 0.104. The molecule has 0 saturated carbocycles. The van der Waals surface area contributed by atoms with Gasteiger partial charge in [0.25, 0.3) is 0 Å². The molecule has 0 radical (unpaired) electrons. The van der Waals surface area contributed by atoms with E-state index in [4.69, 9.17) is 11.6 Å². The van der Waals surface area contributed by atoms with Crippen LogP contribution in [0.5, 0.6) is 0 Å². The fourth-order valence-corrected chi connectivity index (χ4v) is 2.51. The number of ketones is 1. The summed E-state index contributed by atoms with van der Waals surface area (Å²) in [5, 5.41) is 0.619. The van der Waals surface area contributed by atoms with Crippen LogP contribution in [-0.2, 0) is 6.42 Å². The van der Waals surface area contributed by atoms with Crippen molar-refractivity contribution in [2.75, 3.05) is 0 Å². The quantitative estimate of drug-likeness (QED) is 0.707. The zero-order valence-electron chi connectivity index (χ0n) is 9.99. The smallest absolute Gasteiger partial charge is 0.189 e. The SMILES string of the molecule is O=C1C(=Cc2ccc(F)cc2)Cc2c(Cl)cccc21. The molecule has 2 aromatic rings. The molecule has 0 amide bonds. The van der Waals surface area contributed by atoms with Gasteiger partial charge < -0.3 is 0 Å². The van der Waals surface area contributed by atoms with Crippen molar-refractivity contribution in [3.8, 4) is 0 Å². The third-order valence-corrected chi connectivity index (χ3v) is 3.59. The summed E-state index contributed by atoms with van der Waals surface area (Å²) in [6, 6.07) is 11.4. The molecule has 3 rings (SSSR count). The van der Waals surface area contributed by atoms with Gasteiger partial charge in [-0.05, 0) is 35.4 Å². The monoisotopic (exact) mass is 272 g/mol. The van der Waals surface area contributed by atoms with Gasteiger partial charge in [0, 0.05) is 22.6 Å². The first kappa shape index (κ1) is 12.1. The first-order chi connectivity index (χ1) is 9.15. The van der Waals surface area contributed by atoms with Crippen LogP contribution in [0.25, 0.3) is 6.08 Å². The number of allylic oxidation sites excluding steroid dienone is 1. The third-order valence-electron chi connectivity index (χ3n) is 3.23. The van der Waals surface area contributed by atoms with Gasteiger partial charge in [0.2, 0.25) is 0 Å². The predicted molar refractivity (Wildman–Crippen MR) is 73.9 cm³/mol. The lowest BCUT2D eigenvalue weighted by Crippen LogP contribution is -1.94. The third kappa shape index (κ3) is 2.20. The molecule has 0 aromatic heterocycles. The van der Waals surface area contributed by atoms with E-state index in [2.05, 4.69) is 0 Å². The number of Topliss-reactive ketones (excluding diaryl/α,β-unsaturated/α-hetero) is 1. The molecule has 0 atom stereocenters. The summed E-state index contributed by atoms with van der Waals surface area (Å²) < 4.78 is 12.8. The lowest BCUT2D eigenvalue weighted by Gasteiger charge is -1.97. The summed E-state index contributed by atoms with van der Waals surface area (Å²) in [6.07, 6.45) is 2.32. The molecule has 1 aliphatic carbocycles. The van der Waals surface area contributed by atoms with Gasteiger partial charge in [0.1, 0.15) is 5.82 Å². The molecule has 0 spiro atoms. The van der Waals surface area contributed by atoms with Crippen molar-refractivity contribution in [3.05, 3.63) is 75.6 Å². The van der Waals surface area contributed by atoms with Gasteiger partial charge >= 0.3 is 0 Å². The topological polar surface area (TPSA) is 17.1 Å². The van der Waals surface area contributed by atoms with Gasteiger partial charge in [-0.1, -0.05) is 35.9 Å². The maximum absolute atomic E-state index is 12.8. The van der Waals surface area contributed by atoms with Crippen LogP contribution in [0.2, 0.25) is 5.02 Å². The van der Waals surface area contributed by atoms with E-state index in [-0.39, 0.29) is 11.6 Å². The van der Waals surface area contributed by atoms with Crippen molar-refractivity contribution in [2.24, 2.45) is 0 Å². The highest BCUT2D eigenvalue weighted by Crippen LogP contribution is 2.32. The highest BCUT2D eigenvalue weighted by atomic mass is 35.5. The second-order valence-electron chi connectivity index (χ2n) is 4.49. The number of halogens is 2. The van der Waals surface area contributed by atoms with E-state index >= 15 is 0 Å². The Morgan fingerprint density at radius 2 is 1.84 bits per heavy atom. The molecule has 0 heterocycles. The van der Waals surface area contributed by atoms with E-state index < -0.39 is 0 Å². The second-order valence-corrected chi connectivity index (χ2v) is 4.90. The summed E-state index contributed by atoms with van der Waals surface area (Å²) in [6.45, 7) is 0. The Morgan fingerprint density at radius 3 is 2.53 bits per heavy atom. The van der Waals surface area contributed by atoms with Crippen LogP contribution in [-0.4, -0.2) is 5.78 Å². The van der Waals surface area contributed by atoms with Crippen LogP contribution in [0.1, 0.15) is 21.5 Å². The van der Waals surface area contributed by atoms with Crippen molar-refractivity contribution >= 4 is 23.5 Å². The van der Waals surface area contributed by atoms with Gasteiger partial charge in [0.15, 0.2) is 5.78 Å². The average molecular weight is 273 g/mol. The molecule has 0 fully saturated rings. The van der Waals surface area contributed by atoms with Crippen molar-refractivity contribution in [1.29, 1.82) is 0 Å². The Kier molecular flexibility index (Phi) is 2.96. The molecule has 0 bridgehead atoms. The van der Waals surface area contributed by atoms with Crippen LogP contribution in [0.3, 0.4) is 0 Å². The summed E-state index contributed by atoms with van der Waals surface area (Å²) in [5.74, 6) is -0.284. The highest BCUT2D eigenvalue weighted by molar-refractivity contribution is 6.33. The fourth-order valence-electron chi connectivity index (χ4n) is 2.27. The zero-order valence-corrected chi connectivity index (χ0v) is 10.7. The Balaban J connectivity index is 2.00. The number of rotatable bonds is 1. The Labute approximate surface area is 115 Å². The van der Waals surface area contributed by atoms with E-state index in [0.717, 1.165) is 11.1 Å². The number of benzene rings is 2. The second kappa shape index (κ2) is 4.63. The van der Waals surface area contributed by atoms with Gasteiger partial charge in [0.05, 0.1) is 0 Å². The van der Waals surface area contributed by atoms with E-state index in [0.29, 0.717) is 22.6 Å². The molecule has 1 nitrogen and oxygen atoms in total. The Bertz CT molecular complexity index is 686. The zero-order chi connectivity index (χ0) is 13.4. The molecule has 1 aliphatic rings. The summed E-state index contributed by atoms with van der Waals surface area (Å²) >= 11 is 6.09. The summed E-state index contributed by atoms with van der Waals surface area (Å²) in [5.41, 5.74) is 3.05. The van der Waals surface area contributed by atoms with Crippen LogP contribution in [0.4, 0.5) is 4.39 Å². The normalized spacial score (nSPS) is 15.9. The molecule has 19 heavy (non-hydrogen) atoms. The maximum Gasteiger partial charge on any atom is 0.189 e. The first-order valence-electron chi connectivity index (χ1n) is 5.93. The van der Waals surface area contributed by atoms with Crippen molar-refractivity contribution < 1.29 is 9.18 Å². The highest BCUT2D eigenvalue weighted by Gasteiger charge is 2.26. The molecule has 2 aromatic carbocycles. The minimum Gasteiger partial charge on any atom is -0.289 e. The van der Waals surface area contributed by atoms with Crippen LogP contribution in [0.15, 0.2) is 48.0 Å². The standard InChI is InChI=1S/C16H10ClFO/c17-15-3-1-2-13-14(15)9-11(16(13)19)8-10-4-6-12(18)7-5-10/h1-8H,9H2. The van der Waals surface area contributed by atoms with Crippen molar-refractivity contribution in [1.82, 2.24) is 0 Å². The minimum absolute atomic E-state index is 0.00169. The van der Waals surface area contributed by atoms with Crippen molar-refractivity contribution in [3.63, 3.8) is 0 Å². The lowest BCUT2D eigenvalue weighted by atomic mass is 10.1. The number of carbonyl (C=O) groups is 1. The Hall–Kier alpha value is -1.93. The van der Waals surface area contributed by atoms with E-state index in [1.807, 2.05) is 0 Å². The molecule has 0 N–H and O–H groups in total. The largest absolute Gasteiger partial charge is 0.289 e. The number of hydrogen-bond donors (Lipinski definition) is 0. The molecule has 94 valence electrons. The number of carbonyl (C=O) groups excluding carboxylic acids is 1. The van der Waals surface area contributed by atoms with Gasteiger partial charge in [-0.25, -0.2) is 4.39 Å². The first-order valence-corrected chi connectivity index (χ1v) is 6.31. The molecular weight excluding hydrogens is 263 g/mol. The molecule has 0 aliphatic heterocycles. The Morgan fingerprint density at radius 1 is 1.11 bits per heavy atom. The average Bonchev–Trinajstić information content (AvgIpc) is 2.72.